The number of rotatable bonds is 9. The number of aromatic nitrogens is 1. The van der Waals surface area contributed by atoms with Crippen LogP contribution < -0.4 is 5.32 Å². The SMILES string of the molecule is CCc1ccc(/C=C2\SC(=S)N(CCCC(=O)Nc3ncc(Cc4cccc(C)c4)s3)C2=O)cc1. The Labute approximate surface area is 219 Å². The van der Waals surface area contributed by atoms with Crippen LogP contribution in [0.5, 0.6) is 0 Å². The monoisotopic (exact) mass is 521 g/mol. The molecule has 2 heterocycles. The highest BCUT2D eigenvalue weighted by atomic mass is 32.2. The fourth-order valence-corrected chi connectivity index (χ4v) is 5.91. The van der Waals surface area contributed by atoms with Gasteiger partial charge in [0.15, 0.2) is 5.13 Å². The number of thiazole rings is 1. The molecule has 35 heavy (non-hydrogen) atoms. The van der Waals surface area contributed by atoms with E-state index < -0.39 is 0 Å². The summed E-state index contributed by atoms with van der Waals surface area (Å²) in [6, 6.07) is 16.5. The van der Waals surface area contributed by atoms with Crippen LogP contribution in [0.15, 0.2) is 59.6 Å². The first kappa shape index (κ1) is 25.3. The molecule has 0 bridgehead atoms. The molecule has 3 aromatic rings. The Morgan fingerprint density at radius 2 is 1.97 bits per heavy atom. The molecule has 0 spiro atoms. The van der Waals surface area contributed by atoms with E-state index in [1.807, 2.05) is 30.5 Å². The molecule has 1 aliphatic heterocycles. The summed E-state index contributed by atoms with van der Waals surface area (Å²) < 4.78 is 0.535. The number of hydrogen-bond acceptors (Lipinski definition) is 6. The molecule has 1 saturated heterocycles. The summed E-state index contributed by atoms with van der Waals surface area (Å²) in [5.74, 6) is -0.209. The summed E-state index contributed by atoms with van der Waals surface area (Å²) in [7, 11) is 0. The van der Waals surface area contributed by atoms with Gasteiger partial charge in [0.05, 0.1) is 4.91 Å². The van der Waals surface area contributed by atoms with Gasteiger partial charge in [0.2, 0.25) is 5.91 Å². The van der Waals surface area contributed by atoms with Gasteiger partial charge in [-0.25, -0.2) is 4.98 Å². The molecule has 4 rings (SSSR count). The predicted molar refractivity (Wildman–Crippen MR) is 150 cm³/mol. The van der Waals surface area contributed by atoms with Gasteiger partial charge in [-0.2, -0.15) is 0 Å². The van der Waals surface area contributed by atoms with E-state index in [1.54, 1.807) is 4.90 Å². The van der Waals surface area contributed by atoms with E-state index >= 15 is 0 Å². The molecule has 0 radical (unpaired) electrons. The summed E-state index contributed by atoms with van der Waals surface area (Å²) >= 11 is 8.22. The third-order valence-electron chi connectivity index (χ3n) is 5.61. The Morgan fingerprint density at radius 3 is 2.71 bits per heavy atom. The molecule has 5 nitrogen and oxygen atoms in total. The molecular formula is C27H27N3O2S3. The molecule has 1 fully saturated rings. The fourth-order valence-electron chi connectivity index (χ4n) is 3.74. The zero-order valence-corrected chi connectivity index (χ0v) is 22.2. The second kappa shape index (κ2) is 11.7. The number of carbonyl (C=O) groups is 2. The maximum atomic E-state index is 12.8. The van der Waals surface area contributed by atoms with Crippen molar-refractivity contribution in [3.8, 4) is 0 Å². The molecule has 180 valence electrons. The number of anilines is 1. The highest BCUT2D eigenvalue weighted by Gasteiger charge is 2.31. The highest BCUT2D eigenvalue weighted by Crippen LogP contribution is 2.32. The lowest BCUT2D eigenvalue weighted by Crippen LogP contribution is -2.29. The molecule has 1 aliphatic rings. The van der Waals surface area contributed by atoms with Gasteiger partial charge in [-0.05, 0) is 42.5 Å². The average Bonchev–Trinajstić information content (AvgIpc) is 3.38. The third-order valence-corrected chi connectivity index (χ3v) is 7.90. The van der Waals surface area contributed by atoms with Gasteiger partial charge in [-0.15, -0.1) is 11.3 Å². The van der Waals surface area contributed by atoms with Gasteiger partial charge in [-0.1, -0.05) is 85.0 Å². The van der Waals surface area contributed by atoms with E-state index in [2.05, 4.69) is 54.5 Å². The number of amides is 2. The molecule has 2 amide bonds. The van der Waals surface area contributed by atoms with Crippen LogP contribution in [0.25, 0.3) is 6.08 Å². The number of nitrogens with one attached hydrogen (secondary N) is 1. The lowest BCUT2D eigenvalue weighted by Gasteiger charge is -2.13. The first-order valence-electron chi connectivity index (χ1n) is 11.6. The average molecular weight is 522 g/mol. The van der Waals surface area contributed by atoms with Gasteiger partial charge < -0.3 is 5.32 Å². The molecule has 1 aromatic heterocycles. The topological polar surface area (TPSA) is 62.3 Å². The Bertz CT molecular complexity index is 1260. The van der Waals surface area contributed by atoms with Crippen molar-refractivity contribution in [2.75, 3.05) is 11.9 Å². The zero-order valence-electron chi connectivity index (χ0n) is 19.7. The van der Waals surface area contributed by atoms with Gasteiger partial charge in [0.1, 0.15) is 4.32 Å². The number of carbonyl (C=O) groups excluding carboxylic acids is 2. The van der Waals surface area contributed by atoms with E-state index in [0.29, 0.717) is 33.7 Å². The maximum absolute atomic E-state index is 12.8. The van der Waals surface area contributed by atoms with Crippen LogP contribution in [-0.4, -0.2) is 32.6 Å². The van der Waals surface area contributed by atoms with Crippen molar-refractivity contribution >= 4 is 62.7 Å². The lowest BCUT2D eigenvalue weighted by atomic mass is 10.1. The van der Waals surface area contributed by atoms with Gasteiger partial charge in [0.25, 0.3) is 5.91 Å². The van der Waals surface area contributed by atoms with Gasteiger partial charge in [-0.3, -0.25) is 14.5 Å². The van der Waals surface area contributed by atoms with Gasteiger partial charge in [0, 0.05) is 30.5 Å². The second-order valence-corrected chi connectivity index (χ2v) is 11.2. The summed E-state index contributed by atoms with van der Waals surface area (Å²) in [6.07, 6.45) is 6.28. The summed E-state index contributed by atoms with van der Waals surface area (Å²) in [5.41, 5.74) is 4.69. The number of aryl methyl sites for hydroxylation is 2. The minimum Gasteiger partial charge on any atom is -0.302 e. The third kappa shape index (κ3) is 6.87. The number of benzene rings is 2. The lowest BCUT2D eigenvalue weighted by molar-refractivity contribution is -0.122. The minimum atomic E-state index is -0.113. The Morgan fingerprint density at radius 1 is 1.17 bits per heavy atom. The Hall–Kier alpha value is -2.81. The Balaban J connectivity index is 1.25. The minimum absolute atomic E-state index is 0.0966. The quantitative estimate of drug-likeness (QED) is 0.267. The molecule has 8 heteroatoms. The molecule has 0 unspecified atom stereocenters. The van der Waals surface area contributed by atoms with E-state index in [0.717, 1.165) is 23.3 Å². The molecule has 1 N–H and O–H groups in total. The van der Waals surface area contributed by atoms with Crippen LogP contribution in [0.2, 0.25) is 0 Å². The van der Waals surface area contributed by atoms with E-state index in [9.17, 15) is 9.59 Å². The maximum Gasteiger partial charge on any atom is 0.266 e. The van der Waals surface area contributed by atoms with Crippen LogP contribution >= 0.6 is 35.3 Å². The summed E-state index contributed by atoms with van der Waals surface area (Å²) in [5, 5.41) is 3.47. The van der Waals surface area contributed by atoms with Crippen LogP contribution in [0.4, 0.5) is 5.13 Å². The van der Waals surface area contributed by atoms with Crippen molar-refractivity contribution in [2.45, 2.75) is 39.5 Å². The van der Waals surface area contributed by atoms with E-state index in [1.165, 1.54) is 39.8 Å². The van der Waals surface area contributed by atoms with Crippen molar-refractivity contribution in [1.29, 1.82) is 0 Å². The largest absolute Gasteiger partial charge is 0.302 e. The first-order chi connectivity index (χ1) is 16.9. The summed E-state index contributed by atoms with van der Waals surface area (Å²) in [6.45, 7) is 4.60. The second-order valence-electron chi connectivity index (χ2n) is 8.38. The predicted octanol–water partition coefficient (Wildman–Crippen LogP) is 6.22. The van der Waals surface area contributed by atoms with Crippen LogP contribution in [-0.2, 0) is 22.4 Å². The van der Waals surface area contributed by atoms with Crippen LogP contribution in [0.1, 0.15) is 46.9 Å². The normalized spacial score (nSPS) is 14.7. The first-order valence-corrected chi connectivity index (χ1v) is 13.6. The van der Waals surface area contributed by atoms with Crippen molar-refractivity contribution in [3.63, 3.8) is 0 Å². The molecule has 0 saturated carbocycles. The van der Waals surface area contributed by atoms with Crippen LogP contribution in [0.3, 0.4) is 0 Å². The smallest absolute Gasteiger partial charge is 0.266 e. The molecule has 2 aromatic carbocycles. The van der Waals surface area contributed by atoms with Gasteiger partial charge >= 0.3 is 0 Å². The molecule has 0 atom stereocenters. The number of nitrogens with zero attached hydrogens (tertiary/aromatic N) is 2. The molecular weight excluding hydrogens is 495 g/mol. The fraction of sp³-hybridized carbons (Fsp3) is 0.259. The standard InChI is InChI=1S/C27H27N3O2S3/c1-3-19-9-11-20(12-10-19)16-23-25(32)30(27(33)35-23)13-5-8-24(31)29-26-28-17-22(34-26)15-21-7-4-6-18(2)14-21/h4,6-7,9-12,14,16-17H,3,5,8,13,15H2,1-2H3,(H,28,29,31)/b23-16-. The van der Waals surface area contributed by atoms with Crippen molar-refractivity contribution < 1.29 is 9.59 Å². The number of hydrogen-bond donors (Lipinski definition) is 1. The highest BCUT2D eigenvalue weighted by molar-refractivity contribution is 8.26. The van der Waals surface area contributed by atoms with Crippen molar-refractivity contribution in [1.82, 2.24) is 9.88 Å². The Kier molecular flexibility index (Phi) is 8.49. The van der Waals surface area contributed by atoms with Crippen LogP contribution in [0, 0.1) is 6.92 Å². The number of thioether (sulfide) groups is 1. The van der Waals surface area contributed by atoms with E-state index in [4.69, 9.17) is 12.2 Å². The zero-order chi connectivity index (χ0) is 24.8. The van der Waals surface area contributed by atoms with E-state index in [-0.39, 0.29) is 11.8 Å². The summed E-state index contributed by atoms with van der Waals surface area (Å²) in [4.78, 5) is 32.9. The number of thiocarbonyl (C=S) groups is 1. The van der Waals surface area contributed by atoms with Crippen molar-refractivity contribution in [2.24, 2.45) is 0 Å². The molecule has 0 aliphatic carbocycles. The van der Waals surface area contributed by atoms with Crippen molar-refractivity contribution in [3.05, 3.63) is 86.8 Å².